The molecule has 3 unspecified atom stereocenters. The Bertz CT molecular complexity index is 766. The molecule has 1 aromatic carbocycles. The zero-order valence-corrected chi connectivity index (χ0v) is 15.3. The van der Waals surface area contributed by atoms with Gasteiger partial charge in [-0.15, -0.1) is 0 Å². The van der Waals surface area contributed by atoms with Crippen molar-refractivity contribution in [2.75, 3.05) is 6.66 Å². The van der Waals surface area contributed by atoms with Gasteiger partial charge in [0.25, 0.3) is 0 Å². The third-order valence-corrected chi connectivity index (χ3v) is 14.6. The Kier molecular flexibility index (Phi) is 2.74. The maximum atomic E-state index is 2.52. The SMILES string of the molecule is CP1C2=Cc3ccccc3[CH]2[Zr+2][C]2=C1SC1C=CC=C21.[H-].[H-]. The van der Waals surface area contributed by atoms with E-state index < -0.39 is 23.2 Å². The van der Waals surface area contributed by atoms with Crippen LogP contribution in [0.4, 0.5) is 0 Å². The molecule has 0 saturated heterocycles. The molecule has 0 saturated carbocycles. The summed E-state index contributed by atoms with van der Waals surface area (Å²) in [5.41, 5.74) is 4.81. The summed E-state index contributed by atoms with van der Waals surface area (Å²) in [5, 5.41) is 2.45. The molecule has 0 radical (unpaired) electrons. The molecular weight excluding hydrogens is 358 g/mol. The van der Waals surface area contributed by atoms with Crippen LogP contribution in [0.2, 0.25) is 0 Å². The van der Waals surface area contributed by atoms with E-state index in [0.29, 0.717) is 5.25 Å². The van der Waals surface area contributed by atoms with E-state index in [4.69, 9.17) is 0 Å². The first kappa shape index (κ1) is 12.4. The van der Waals surface area contributed by atoms with Crippen LogP contribution in [0.3, 0.4) is 0 Å². The van der Waals surface area contributed by atoms with E-state index in [0.717, 1.165) is 3.63 Å². The molecule has 4 aliphatic rings. The molecule has 0 nitrogen and oxygen atoms in total. The Morgan fingerprint density at radius 2 is 2.20 bits per heavy atom. The van der Waals surface area contributed by atoms with E-state index >= 15 is 0 Å². The first-order valence-electron chi connectivity index (χ1n) is 6.93. The minimum atomic E-state index is -0.551. The molecule has 2 aliphatic carbocycles. The third-order valence-electron chi connectivity index (χ3n) is 4.50. The molecule has 3 atom stereocenters. The number of rotatable bonds is 0. The van der Waals surface area contributed by atoms with E-state index in [9.17, 15) is 0 Å². The smallest absolute Gasteiger partial charge is 1.00 e. The summed E-state index contributed by atoms with van der Waals surface area (Å²) >= 11 is 1.61. The molecule has 2 aliphatic heterocycles. The van der Waals surface area contributed by atoms with Crippen LogP contribution in [0.1, 0.15) is 17.6 Å². The van der Waals surface area contributed by atoms with Gasteiger partial charge in [-0.05, 0) is 0 Å². The number of thioether (sulfide) groups is 1. The summed E-state index contributed by atoms with van der Waals surface area (Å²) in [6.45, 7) is 2.49. The first-order valence-corrected chi connectivity index (χ1v) is 12.2. The number of fused-ring (bicyclic) bond motifs is 5. The number of hydrogen-bond acceptors (Lipinski definition) is 1. The molecule has 0 amide bonds. The van der Waals surface area contributed by atoms with Crippen molar-refractivity contribution >= 4 is 25.8 Å². The number of hydrogen-bond donors (Lipinski definition) is 0. The fourth-order valence-corrected chi connectivity index (χ4v) is 15.4. The Morgan fingerprint density at radius 3 is 3.15 bits per heavy atom. The second-order valence-corrected chi connectivity index (χ2v) is 12.5. The third kappa shape index (κ3) is 1.57. The zero-order chi connectivity index (χ0) is 13.3. The van der Waals surface area contributed by atoms with Crippen LogP contribution in [-0.2, 0) is 23.2 Å². The van der Waals surface area contributed by atoms with Crippen molar-refractivity contribution in [3.05, 3.63) is 72.4 Å². The van der Waals surface area contributed by atoms with Gasteiger partial charge in [-0.2, -0.15) is 0 Å². The molecule has 0 bridgehead atoms. The van der Waals surface area contributed by atoms with Gasteiger partial charge in [0, 0.05) is 0 Å². The Balaban J connectivity index is 0.000000720. The minimum absolute atomic E-state index is 0. The van der Waals surface area contributed by atoms with Gasteiger partial charge in [0.15, 0.2) is 0 Å². The predicted molar refractivity (Wildman–Crippen MR) is 87.9 cm³/mol. The monoisotopic (exact) mass is 372 g/mol. The van der Waals surface area contributed by atoms with Crippen LogP contribution in [0.25, 0.3) is 6.08 Å². The summed E-state index contributed by atoms with van der Waals surface area (Å²) in [4.78, 5) is 0. The Labute approximate surface area is 139 Å². The van der Waals surface area contributed by atoms with Crippen LogP contribution >= 0.6 is 19.7 Å². The van der Waals surface area contributed by atoms with Gasteiger partial charge < -0.3 is 2.85 Å². The minimum Gasteiger partial charge on any atom is -1.00 e. The molecule has 3 heteroatoms. The molecule has 20 heavy (non-hydrogen) atoms. The van der Waals surface area contributed by atoms with Gasteiger partial charge in [0.1, 0.15) is 0 Å². The maximum absolute atomic E-state index is 2.52. The quantitative estimate of drug-likeness (QED) is 0.556. The van der Waals surface area contributed by atoms with E-state index in [1.807, 2.05) is 3.28 Å². The van der Waals surface area contributed by atoms with Gasteiger partial charge in [-0.25, -0.2) is 0 Å². The van der Waals surface area contributed by atoms with Crippen LogP contribution in [0.5, 0.6) is 0 Å². The van der Waals surface area contributed by atoms with E-state index in [1.54, 1.807) is 21.1 Å². The second-order valence-electron chi connectivity index (χ2n) is 5.56. The molecule has 98 valence electrons. The van der Waals surface area contributed by atoms with E-state index in [2.05, 4.69) is 67.0 Å². The predicted octanol–water partition coefficient (Wildman–Crippen LogP) is 5.30. The van der Waals surface area contributed by atoms with Crippen LogP contribution in [-0.4, -0.2) is 11.9 Å². The molecule has 2 heterocycles. The van der Waals surface area contributed by atoms with Gasteiger partial charge in [0.2, 0.25) is 0 Å². The second kappa shape index (κ2) is 4.42. The topological polar surface area (TPSA) is 0 Å². The van der Waals surface area contributed by atoms with Gasteiger partial charge in [-0.1, -0.05) is 0 Å². The van der Waals surface area contributed by atoms with E-state index in [1.165, 1.54) is 5.56 Å². The van der Waals surface area contributed by atoms with Crippen LogP contribution in [0.15, 0.2) is 61.3 Å². The molecule has 0 aromatic heterocycles. The molecule has 0 spiro atoms. The van der Waals surface area contributed by atoms with Crippen LogP contribution in [0, 0.1) is 0 Å². The van der Waals surface area contributed by atoms with Gasteiger partial charge >= 0.3 is 137 Å². The van der Waals surface area contributed by atoms with Crippen molar-refractivity contribution in [3.63, 3.8) is 0 Å². The summed E-state index contributed by atoms with van der Waals surface area (Å²) in [6, 6.07) is 9.09. The van der Waals surface area contributed by atoms with E-state index in [-0.39, 0.29) is 10.8 Å². The number of benzene rings is 1. The summed E-state index contributed by atoms with van der Waals surface area (Å²) < 4.78 is 4.45. The standard InChI is InChI=1S/C17H13PS.Zr.2H/c1-18(17-11-14-7-4-8-16(14)19-17)15-9-12-5-2-3-6-13(12)10-15;;;/h2-10,16H,1H3;;;/q;+2;2*-1. The van der Waals surface area contributed by atoms with Gasteiger partial charge in [0.05, 0.1) is 0 Å². The average Bonchev–Trinajstić information content (AvgIpc) is 3.12. The van der Waals surface area contributed by atoms with Crippen molar-refractivity contribution in [2.45, 2.75) is 8.88 Å². The molecule has 0 fully saturated rings. The number of allylic oxidation sites excluding steroid dienone is 4. The summed E-state index contributed by atoms with van der Waals surface area (Å²) in [7, 11) is -0.0723. The molecule has 1 aromatic rings. The zero-order valence-electron chi connectivity index (χ0n) is 13.1. The molecule has 5 rings (SSSR count). The van der Waals surface area contributed by atoms with Gasteiger partial charge in [-0.3, -0.25) is 0 Å². The van der Waals surface area contributed by atoms with Crippen molar-refractivity contribution in [1.82, 2.24) is 0 Å². The van der Waals surface area contributed by atoms with Crippen molar-refractivity contribution in [3.8, 4) is 0 Å². The fourth-order valence-electron chi connectivity index (χ4n) is 3.49. The Hall–Kier alpha value is -0.157. The summed E-state index contributed by atoms with van der Waals surface area (Å²) in [5.74, 6) is 0. The van der Waals surface area contributed by atoms with Crippen molar-refractivity contribution < 1.29 is 26.1 Å². The first-order chi connectivity index (χ1) is 9.83. The molecule has 0 N–H and O–H groups in total. The largest absolute Gasteiger partial charge is 1.00 e. The van der Waals surface area contributed by atoms with Crippen molar-refractivity contribution in [1.29, 1.82) is 0 Å². The summed E-state index contributed by atoms with van der Waals surface area (Å²) in [6.07, 6.45) is 9.57. The van der Waals surface area contributed by atoms with Crippen molar-refractivity contribution in [2.24, 2.45) is 0 Å². The molecular formula is C17H15PSZr. The van der Waals surface area contributed by atoms with Crippen LogP contribution < -0.4 is 0 Å². The fraction of sp³-hybridized carbons (Fsp3) is 0.176. The average molecular weight is 374 g/mol. The normalized spacial score (nSPS) is 31.8. The Morgan fingerprint density at radius 1 is 1.30 bits per heavy atom. The maximum Gasteiger partial charge on any atom is -1.00 e.